The number of carboxylic acids is 1. The van der Waals surface area contributed by atoms with Crippen LogP contribution in [0, 0.1) is 0 Å². The molecule has 0 aliphatic heterocycles. The van der Waals surface area contributed by atoms with Crippen molar-refractivity contribution in [3.05, 3.63) is 71.8 Å². The van der Waals surface area contributed by atoms with Gasteiger partial charge in [-0.15, -0.1) is 0 Å². The molecule has 0 saturated heterocycles. The molecule has 0 fully saturated rings. The van der Waals surface area contributed by atoms with Crippen molar-refractivity contribution in [2.24, 2.45) is 0 Å². The molecule has 1 unspecified atom stereocenters. The van der Waals surface area contributed by atoms with Crippen LogP contribution in [0.25, 0.3) is 0 Å². The number of aliphatic carboxylic acids is 1. The Morgan fingerprint density at radius 2 is 1.58 bits per heavy atom. The standard InChI is InChI=1S/C11H13O2.C5H5.Fe/c1-8(7-9(2)11(12)13)10-5-3-4-6-10;1-2-4-5-3-1;/h3-8H,1-2H3,(H,12,13);1-5H;/q-1;-5;. The van der Waals surface area contributed by atoms with Crippen molar-refractivity contribution in [3.63, 3.8) is 0 Å². The van der Waals surface area contributed by atoms with E-state index >= 15 is 0 Å². The van der Waals surface area contributed by atoms with Gasteiger partial charge in [-0.25, -0.2) is 16.9 Å². The normalized spacial score (nSPS) is 11.8. The molecule has 2 nitrogen and oxygen atoms in total. The van der Waals surface area contributed by atoms with Gasteiger partial charge in [0.15, 0.2) is 0 Å². The van der Waals surface area contributed by atoms with E-state index in [0.29, 0.717) is 5.57 Å². The van der Waals surface area contributed by atoms with Crippen LogP contribution >= 0.6 is 0 Å². The summed E-state index contributed by atoms with van der Waals surface area (Å²) in [6.45, 7) is 3.60. The summed E-state index contributed by atoms with van der Waals surface area (Å²) in [6, 6.07) is 17.9. The predicted molar refractivity (Wildman–Crippen MR) is 73.9 cm³/mol. The van der Waals surface area contributed by atoms with Crippen LogP contribution in [0.5, 0.6) is 0 Å². The van der Waals surface area contributed by atoms with Gasteiger partial charge in [0.25, 0.3) is 0 Å². The largest absolute Gasteiger partial charge is 0.748 e. The molecule has 1 atom stereocenters. The van der Waals surface area contributed by atoms with Crippen molar-refractivity contribution < 1.29 is 27.0 Å². The van der Waals surface area contributed by atoms with Crippen LogP contribution in [0.1, 0.15) is 25.3 Å². The van der Waals surface area contributed by atoms with Gasteiger partial charge in [-0.1, -0.05) is 13.0 Å². The number of carboxylic acid groups (broad SMARTS) is 1. The van der Waals surface area contributed by atoms with E-state index in [2.05, 4.69) is 0 Å². The summed E-state index contributed by atoms with van der Waals surface area (Å²) >= 11 is 0. The maximum Gasteiger partial charge on any atom is 0.330 e. The minimum Gasteiger partial charge on any atom is -0.748 e. The Morgan fingerprint density at radius 1 is 1.16 bits per heavy atom. The second-order valence-corrected chi connectivity index (χ2v) is 4.12. The molecular formula is C16H18FeO2-6. The first-order chi connectivity index (χ1) is 8.61. The fourth-order valence-electron chi connectivity index (χ4n) is 1.56. The Kier molecular flexibility index (Phi) is 8.60. The van der Waals surface area contributed by atoms with Gasteiger partial charge in [0.05, 0.1) is 0 Å². The van der Waals surface area contributed by atoms with Crippen LogP contribution in [-0.4, -0.2) is 11.1 Å². The predicted octanol–water partition coefficient (Wildman–Crippen LogP) is 3.94. The zero-order valence-corrected chi connectivity index (χ0v) is 12.2. The third kappa shape index (κ3) is 6.80. The summed E-state index contributed by atoms with van der Waals surface area (Å²) in [5.74, 6) is -0.676. The maximum absolute atomic E-state index is 10.5. The number of allylic oxidation sites excluding steroid dienone is 1. The van der Waals surface area contributed by atoms with E-state index in [1.54, 1.807) is 13.0 Å². The monoisotopic (exact) mass is 298 g/mol. The van der Waals surface area contributed by atoms with Crippen molar-refractivity contribution in [1.29, 1.82) is 0 Å². The molecule has 0 aliphatic rings. The molecule has 0 heterocycles. The quantitative estimate of drug-likeness (QED) is 0.529. The van der Waals surface area contributed by atoms with Gasteiger partial charge in [0.1, 0.15) is 0 Å². The Morgan fingerprint density at radius 3 is 1.95 bits per heavy atom. The molecule has 0 aliphatic carbocycles. The number of hydrogen-bond acceptors (Lipinski definition) is 1. The third-order valence-electron chi connectivity index (χ3n) is 2.61. The van der Waals surface area contributed by atoms with E-state index in [1.165, 1.54) is 0 Å². The summed E-state index contributed by atoms with van der Waals surface area (Å²) in [7, 11) is 0. The average Bonchev–Trinajstić information content (AvgIpc) is 3.05. The van der Waals surface area contributed by atoms with E-state index < -0.39 is 5.97 Å². The minimum absolute atomic E-state index is 0. The maximum atomic E-state index is 10.5. The van der Waals surface area contributed by atoms with Crippen LogP contribution in [0.4, 0.5) is 0 Å². The molecular weight excluding hydrogens is 280 g/mol. The van der Waals surface area contributed by atoms with E-state index in [9.17, 15) is 4.79 Å². The Balaban J connectivity index is 0.000000454. The minimum atomic E-state index is -0.849. The topological polar surface area (TPSA) is 37.3 Å². The number of hydrogen-bond donors (Lipinski definition) is 1. The molecule has 0 aromatic heterocycles. The zero-order valence-electron chi connectivity index (χ0n) is 11.1. The fourth-order valence-corrected chi connectivity index (χ4v) is 1.56. The summed E-state index contributed by atoms with van der Waals surface area (Å²) in [5.41, 5.74) is 1.55. The van der Waals surface area contributed by atoms with Crippen LogP contribution in [0.15, 0.2) is 66.2 Å². The SMILES string of the molecule is CC(=CC(C)[c-]1cccc1)C(=O)O.[Fe].[cH-]1[cH-][cH-][cH-][cH-]1. The van der Waals surface area contributed by atoms with Crippen molar-refractivity contribution >= 4 is 5.97 Å². The summed E-state index contributed by atoms with van der Waals surface area (Å²) in [4.78, 5) is 10.5. The Hall–Kier alpha value is -1.57. The van der Waals surface area contributed by atoms with Crippen molar-refractivity contribution in [1.82, 2.24) is 0 Å². The van der Waals surface area contributed by atoms with Gasteiger partial charge in [-0.05, 0) is 12.8 Å². The molecule has 0 amide bonds. The van der Waals surface area contributed by atoms with Crippen molar-refractivity contribution in [2.45, 2.75) is 19.8 Å². The summed E-state index contributed by atoms with van der Waals surface area (Å²) in [5, 5.41) is 8.66. The number of carbonyl (C=O) groups is 1. The second kappa shape index (κ2) is 9.37. The summed E-state index contributed by atoms with van der Waals surface area (Å²) < 4.78 is 0. The molecule has 0 saturated carbocycles. The molecule has 2 aromatic rings. The summed E-state index contributed by atoms with van der Waals surface area (Å²) in [6.07, 6.45) is 1.76. The van der Waals surface area contributed by atoms with Crippen molar-refractivity contribution in [2.75, 3.05) is 0 Å². The van der Waals surface area contributed by atoms with Crippen LogP contribution in [-0.2, 0) is 21.9 Å². The smallest absolute Gasteiger partial charge is 0.330 e. The van der Waals surface area contributed by atoms with Gasteiger partial charge >= 0.3 is 5.97 Å². The van der Waals surface area contributed by atoms with Crippen LogP contribution in [0.2, 0.25) is 0 Å². The van der Waals surface area contributed by atoms with Gasteiger partial charge < -0.3 is 35.4 Å². The van der Waals surface area contributed by atoms with Crippen LogP contribution < -0.4 is 0 Å². The molecule has 0 radical (unpaired) electrons. The molecule has 2 rings (SSSR count). The van der Waals surface area contributed by atoms with Crippen molar-refractivity contribution in [3.8, 4) is 0 Å². The third-order valence-corrected chi connectivity index (χ3v) is 2.61. The average molecular weight is 298 g/mol. The van der Waals surface area contributed by atoms with E-state index in [1.807, 2.05) is 61.5 Å². The van der Waals surface area contributed by atoms with E-state index in [-0.39, 0.29) is 23.0 Å². The fraction of sp³-hybridized carbons (Fsp3) is 0.188. The Bertz CT molecular complexity index is 450. The molecule has 1 N–H and O–H groups in total. The molecule has 0 spiro atoms. The van der Waals surface area contributed by atoms with E-state index in [4.69, 9.17) is 5.11 Å². The van der Waals surface area contributed by atoms with Gasteiger partial charge in [0.2, 0.25) is 0 Å². The zero-order chi connectivity index (χ0) is 13.4. The molecule has 19 heavy (non-hydrogen) atoms. The molecule has 108 valence electrons. The van der Waals surface area contributed by atoms with Gasteiger partial charge in [-0.3, -0.25) is 0 Å². The number of rotatable bonds is 3. The molecule has 3 heteroatoms. The molecule has 0 bridgehead atoms. The first-order valence-electron chi connectivity index (χ1n) is 5.91. The van der Waals surface area contributed by atoms with Gasteiger partial charge in [0, 0.05) is 22.6 Å². The van der Waals surface area contributed by atoms with Crippen LogP contribution in [0.3, 0.4) is 0 Å². The van der Waals surface area contributed by atoms with Gasteiger partial charge in [-0.2, -0.15) is 17.7 Å². The first-order valence-corrected chi connectivity index (χ1v) is 5.91. The Labute approximate surface area is 125 Å². The molecule has 2 aromatic carbocycles. The second-order valence-electron chi connectivity index (χ2n) is 4.12. The first kappa shape index (κ1) is 17.4. The van der Waals surface area contributed by atoms with E-state index in [0.717, 1.165) is 5.56 Å².